The Bertz CT molecular complexity index is 508. The molecule has 0 saturated carbocycles. The van der Waals surface area contributed by atoms with Gasteiger partial charge in [0, 0.05) is 25.5 Å². The number of carbonyl (C=O) groups excluding carboxylic acids is 1. The average Bonchev–Trinajstić information content (AvgIpc) is 2.80. The van der Waals surface area contributed by atoms with Crippen molar-refractivity contribution in [2.24, 2.45) is 0 Å². The van der Waals surface area contributed by atoms with Crippen LogP contribution < -0.4 is 0 Å². The van der Waals surface area contributed by atoms with E-state index in [0.29, 0.717) is 6.42 Å². The molecular formula is C15H21N3O. The molecule has 0 aliphatic heterocycles. The van der Waals surface area contributed by atoms with E-state index in [4.69, 9.17) is 0 Å². The number of aromatic nitrogens is 2. The lowest BCUT2D eigenvalue weighted by Crippen LogP contribution is -2.33. The first kappa shape index (κ1) is 13.6. The molecule has 0 spiro atoms. The van der Waals surface area contributed by atoms with E-state index < -0.39 is 0 Å². The van der Waals surface area contributed by atoms with Gasteiger partial charge in [0.05, 0.1) is 12.1 Å². The maximum absolute atomic E-state index is 12.2. The number of amides is 1. The number of pyridine rings is 1. The molecule has 4 heteroatoms. The molecule has 0 N–H and O–H groups in total. The molecule has 1 amide bonds. The van der Waals surface area contributed by atoms with Crippen molar-refractivity contribution < 1.29 is 4.79 Å². The van der Waals surface area contributed by atoms with Crippen LogP contribution in [-0.4, -0.2) is 33.3 Å². The predicted molar refractivity (Wildman–Crippen MR) is 76.1 cm³/mol. The first-order valence-electron chi connectivity index (χ1n) is 6.95. The molecule has 102 valence electrons. The van der Waals surface area contributed by atoms with Gasteiger partial charge in [-0.05, 0) is 25.0 Å². The van der Waals surface area contributed by atoms with E-state index in [9.17, 15) is 4.79 Å². The lowest BCUT2D eigenvalue weighted by Gasteiger charge is -2.20. The van der Waals surface area contributed by atoms with Gasteiger partial charge in [-0.25, -0.2) is 4.98 Å². The van der Waals surface area contributed by atoms with E-state index in [0.717, 1.165) is 37.3 Å². The molecule has 4 nitrogen and oxygen atoms in total. The minimum absolute atomic E-state index is 0.173. The second-order valence-electron chi connectivity index (χ2n) is 4.76. The highest BCUT2D eigenvalue weighted by molar-refractivity contribution is 5.78. The molecular weight excluding hydrogens is 238 g/mol. The third kappa shape index (κ3) is 3.34. The minimum atomic E-state index is 0.173. The van der Waals surface area contributed by atoms with Crippen molar-refractivity contribution in [2.45, 2.75) is 33.1 Å². The van der Waals surface area contributed by atoms with Gasteiger partial charge in [0.2, 0.25) is 5.91 Å². The van der Waals surface area contributed by atoms with Crippen LogP contribution in [0.3, 0.4) is 0 Å². The molecule has 19 heavy (non-hydrogen) atoms. The van der Waals surface area contributed by atoms with Crippen LogP contribution in [0.2, 0.25) is 0 Å². The molecule has 2 aromatic rings. The SMILES string of the molecule is CCCN(CCC)C(=O)Cc1cn2ccccc2n1. The molecule has 0 aliphatic rings. The molecule has 2 rings (SSSR count). The van der Waals surface area contributed by atoms with Gasteiger partial charge in [-0.15, -0.1) is 0 Å². The quantitative estimate of drug-likeness (QED) is 0.799. The van der Waals surface area contributed by atoms with Crippen LogP contribution in [0.15, 0.2) is 30.6 Å². The summed E-state index contributed by atoms with van der Waals surface area (Å²) in [5, 5.41) is 0. The Hall–Kier alpha value is -1.84. The molecule has 0 aromatic carbocycles. The van der Waals surface area contributed by atoms with Gasteiger partial charge < -0.3 is 9.30 Å². The Morgan fingerprint density at radius 1 is 1.26 bits per heavy atom. The number of hydrogen-bond donors (Lipinski definition) is 0. The number of imidazole rings is 1. The maximum atomic E-state index is 12.2. The van der Waals surface area contributed by atoms with E-state index in [1.807, 2.05) is 39.9 Å². The van der Waals surface area contributed by atoms with Crippen LogP contribution in [0.25, 0.3) is 5.65 Å². The smallest absolute Gasteiger partial charge is 0.228 e. The van der Waals surface area contributed by atoms with Crippen LogP contribution in [0.1, 0.15) is 32.4 Å². The summed E-state index contributed by atoms with van der Waals surface area (Å²) in [4.78, 5) is 18.7. The summed E-state index contributed by atoms with van der Waals surface area (Å²) >= 11 is 0. The monoisotopic (exact) mass is 259 g/mol. The van der Waals surface area contributed by atoms with E-state index in [1.165, 1.54) is 0 Å². The minimum Gasteiger partial charge on any atom is -0.342 e. The summed E-state index contributed by atoms with van der Waals surface area (Å²) in [7, 11) is 0. The summed E-state index contributed by atoms with van der Waals surface area (Å²) in [5.74, 6) is 0.173. The highest BCUT2D eigenvalue weighted by atomic mass is 16.2. The van der Waals surface area contributed by atoms with Crippen molar-refractivity contribution in [1.82, 2.24) is 14.3 Å². The second-order valence-corrected chi connectivity index (χ2v) is 4.76. The van der Waals surface area contributed by atoms with Crippen molar-refractivity contribution in [3.8, 4) is 0 Å². The van der Waals surface area contributed by atoms with E-state index in [1.54, 1.807) is 0 Å². The number of fused-ring (bicyclic) bond motifs is 1. The van der Waals surface area contributed by atoms with Gasteiger partial charge in [-0.1, -0.05) is 19.9 Å². The molecule has 2 heterocycles. The fourth-order valence-corrected chi connectivity index (χ4v) is 2.24. The Balaban J connectivity index is 2.08. The van der Waals surface area contributed by atoms with Gasteiger partial charge in [-0.3, -0.25) is 4.79 Å². The largest absolute Gasteiger partial charge is 0.342 e. The van der Waals surface area contributed by atoms with Gasteiger partial charge in [-0.2, -0.15) is 0 Å². The van der Waals surface area contributed by atoms with Crippen LogP contribution in [-0.2, 0) is 11.2 Å². The van der Waals surface area contributed by atoms with Crippen molar-refractivity contribution in [2.75, 3.05) is 13.1 Å². The van der Waals surface area contributed by atoms with Crippen molar-refractivity contribution in [3.05, 3.63) is 36.3 Å². The predicted octanol–water partition coefficient (Wildman–Crippen LogP) is 2.53. The Labute approximate surface area is 114 Å². The summed E-state index contributed by atoms with van der Waals surface area (Å²) in [5.41, 5.74) is 1.73. The van der Waals surface area contributed by atoms with Gasteiger partial charge in [0.25, 0.3) is 0 Å². The fourth-order valence-electron chi connectivity index (χ4n) is 2.24. The van der Waals surface area contributed by atoms with Crippen molar-refractivity contribution in [3.63, 3.8) is 0 Å². The van der Waals surface area contributed by atoms with Crippen LogP contribution in [0, 0.1) is 0 Å². The Morgan fingerprint density at radius 2 is 2.00 bits per heavy atom. The summed E-state index contributed by atoms with van der Waals surface area (Å²) in [6.45, 7) is 5.86. The lowest BCUT2D eigenvalue weighted by molar-refractivity contribution is -0.130. The van der Waals surface area contributed by atoms with E-state index in [-0.39, 0.29) is 5.91 Å². The topological polar surface area (TPSA) is 37.6 Å². The molecule has 0 fully saturated rings. The third-order valence-corrected chi connectivity index (χ3v) is 3.09. The van der Waals surface area contributed by atoms with Crippen LogP contribution in [0.4, 0.5) is 0 Å². The zero-order valence-electron chi connectivity index (χ0n) is 11.7. The normalized spacial score (nSPS) is 10.8. The maximum Gasteiger partial charge on any atom is 0.228 e. The number of hydrogen-bond acceptors (Lipinski definition) is 2. The highest BCUT2D eigenvalue weighted by Crippen LogP contribution is 2.07. The first-order valence-corrected chi connectivity index (χ1v) is 6.95. The zero-order chi connectivity index (χ0) is 13.7. The third-order valence-electron chi connectivity index (χ3n) is 3.09. The molecule has 0 aliphatic carbocycles. The van der Waals surface area contributed by atoms with Gasteiger partial charge >= 0.3 is 0 Å². The molecule has 0 radical (unpaired) electrons. The molecule has 0 bridgehead atoms. The molecule has 0 atom stereocenters. The summed E-state index contributed by atoms with van der Waals surface area (Å²) in [6.07, 6.45) is 6.27. The number of rotatable bonds is 6. The zero-order valence-corrected chi connectivity index (χ0v) is 11.7. The highest BCUT2D eigenvalue weighted by Gasteiger charge is 2.14. The van der Waals surface area contributed by atoms with Crippen LogP contribution in [0.5, 0.6) is 0 Å². The summed E-state index contributed by atoms with van der Waals surface area (Å²) < 4.78 is 1.95. The summed E-state index contributed by atoms with van der Waals surface area (Å²) in [6, 6.07) is 5.86. The van der Waals surface area contributed by atoms with Gasteiger partial charge in [0.1, 0.15) is 5.65 Å². The average molecular weight is 259 g/mol. The number of nitrogens with zero attached hydrogens (tertiary/aromatic N) is 3. The Kier molecular flexibility index (Phi) is 4.55. The lowest BCUT2D eigenvalue weighted by atomic mass is 10.2. The molecule has 2 aromatic heterocycles. The van der Waals surface area contributed by atoms with E-state index in [2.05, 4.69) is 18.8 Å². The van der Waals surface area contributed by atoms with Gasteiger partial charge in [0.15, 0.2) is 0 Å². The first-order chi connectivity index (χ1) is 9.24. The van der Waals surface area contributed by atoms with Crippen molar-refractivity contribution >= 4 is 11.6 Å². The number of carbonyl (C=O) groups is 1. The fraction of sp³-hybridized carbons (Fsp3) is 0.467. The molecule has 0 saturated heterocycles. The van der Waals surface area contributed by atoms with Crippen LogP contribution >= 0.6 is 0 Å². The molecule has 0 unspecified atom stereocenters. The standard InChI is InChI=1S/C15H21N3O/c1-3-8-17(9-4-2)15(19)11-13-12-18-10-6-5-7-14(18)16-13/h5-7,10,12H,3-4,8-9,11H2,1-2H3. The Morgan fingerprint density at radius 3 is 2.63 bits per heavy atom. The van der Waals surface area contributed by atoms with E-state index >= 15 is 0 Å². The van der Waals surface area contributed by atoms with Crippen molar-refractivity contribution in [1.29, 1.82) is 0 Å². The second kappa shape index (κ2) is 6.36.